The molecule has 1 heterocycles. The second-order valence-corrected chi connectivity index (χ2v) is 9.77. The molecule has 4 unspecified atom stereocenters. The largest absolute Gasteiger partial charge is 0.493 e. The van der Waals surface area contributed by atoms with Crippen molar-refractivity contribution in [2.24, 2.45) is 5.92 Å². The van der Waals surface area contributed by atoms with Gasteiger partial charge in [0.2, 0.25) is 11.8 Å². The Labute approximate surface area is 211 Å². The van der Waals surface area contributed by atoms with Gasteiger partial charge in [0.25, 0.3) is 0 Å². The molecule has 36 heavy (non-hydrogen) atoms. The second kappa shape index (κ2) is 11.4. The summed E-state index contributed by atoms with van der Waals surface area (Å²) < 4.78 is 11.7. The van der Waals surface area contributed by atoms with Crippen molar-refractivity contribution in [1.82, 2.24) is 10.2 Å². The number of fused-ring (bicyclic) bond motifs is 3. The first-order chi connectivity index (χ1) is 17.4. The molecule has 1 saturated carbocycles. The molecule has 1 aromatic rings. The van der Waals surface area contributed by atoms with Crippen LogP contribution in [0, 0.1) is 5.92 Å². The number of rotatable bonds is 12. The van der Waals surface area contributed by atoms with Crippen LogP contribution in [0.1, 0.15) is 67.3 Å². The maximum Gasteiger partial charge on any atom is 0.247 e. The van der Waals surface area contributed by atoms with E-state index in [1.165, 1.54) is 7.11 Å². The lowest BCUT2D eigenvalue weighted by atomic mass is 9.77. The Morgan fingerprint density at radius 2 is 2.03 bits per heavy atom. The molecule has 0 bridgehead atoms. The van der Waals surface area contributed by atoms with Gasteiger partial charge in [-0.05, 0) is 37.5 Å². The van der Waals surface area contributed by atoms with E-state index in [2.05, 4.69) is 12.2 Å². The zero-order valence-electron chi connectivity index (χ0n) is 20.9. The van der Waals surface area contributed by atoms with Crippen LogP contribution in [-0.4, -0.2) is 78.3 Å². The fourth-order valence-corrected chi connectivity index (χ4v) is 5.24. The van der Waals surface area contributed by atoms with Gasteiger partial charge in [-0.1, -0.05) is 26.2 Å². The normalized spacial score (nSPS) is 24.2. The van der Waals surface area contributed by atoms with Crippen LogP contribution in [0.2, 0.25) is 0 Å². The number of carbonyl (C=O) groups excluding carboxylic acids is 3. The van der Waals surface area contributed by atoms with Crippen molar-refractivity contribution in [3.05, 3.63) is 34.9 Å². The average Bonchev–Trinajstić information content (AvgIpc) is 3.67. The lowest BCUT2D eigenvalue weighted by molar-refractivity contribution is -0.138. The Morgan fingerprint density at radius 1 is 1.25 bits per heavy atom. The van der Waals surface area contributed by atoms with Gasteiger partial charge in [0.15, 0.2) is 11.5 Å². The Morgan fingerprint density at radius 3 is 2.67 bits per heavy atom. The second-order valence-electron chi connectivity index (χ2n) is 9.77. The smallest absolute Gasteiger partial charge is 0.247 e. The highest BCUT2D eigenvalue weighted by molar-refractivity contribution is 5.96. The summed E-state index contributed by atoms with van der Waals surface area (Å²) in [6, 6.07) is 2.47. The molecular weight excluding hydrogens is 464 g/mol. The molecule has 4 atom stereocenters. The minimum absolute atomic E-state index is 0.00306. The van der Waals surface area contributed by atoms with E-state index in [1.807, 2.05) is 0 Å². The first-order valence-corrected chi connectivity index (χ1v) is 12.9. The molecule has 1 fully saturated rings. The summed E-state index contributed by atoms with van der Waals surface area (Å²) in [5.74, 6) is -0.394. The molecule has 1 aromatic carbocycles. The molecule has 3 N–H and O–H groups in total. The Balaban J connectivity index is 1.74. The SMILES string of the molecule is CCCCCCN(C(=O)C1CC1)C1C=C(C(=O)NCCO)C2c3cc(C=O)cc(OC)c3OC2C1O. The van der Waals surface area contributed by atoms with Crippen molar-refractivity contribution in [2.75, 3.05) is 26.8 Å². The van der Waals surface area contributed by atoms with Gasteiger partial charge in [0.1, 0.15) is 18.5 Å². The summed E-state index contributed by atoms with van der Waals surface area (Å²) in [4.78, 5) is 39.9. The van der Waals surface area contributed by atoms with Crippen LogP contribution in [0.3, 0.4) is 0 Å². The number of unbranched alkanes of at least 4 members (excludes halogenated alkanes) is 3. The number of amides is 2. The number of aliphatic hydroxyl groups is 2. The average molecular weight is 501 g/mol. The first-order valence-electron chi connectivity index (χ1n) is 12.9. The quantitative estimate of drug-likeness (QED) is 0.296. The number of nitrogens with one attached hydrogen (secondary N) is 1. The molecular formula is C27H36N2O7. The number of hydrogen-bond acceptors (Lipinski definition) is 7. The Bertz CT molecular complexity index is 1020. The number of nitrogens with zero attached hydrogens (tertiary/aromatic N) is 1. The molecule has 0 spiro atoms. The standard InChI is InChI=1S/C27H36N2O7/c1-3-4-5-6-10-29(27(34)17-7-8-17)20-14-19(26(33)28-9-11-30)22-18-12-16(15-31)13-21(35-2)24(18)36-25(22)23(20)32/h12-15,17,20,22-23,25,30,32H,3-11H2,1-2H3,(H,28,33). The van der Waals surface area contributed by atoms with Crippen molar-refractivity contribution in [3.8, 4) is 11.5 Å². The van der Waals surface area contributed by atoms with E-state index < -0.39 is 30.1 Å². The van der Waals surface area contributed by atoms with Crippen molar-refractivity contribution in [1.29, 1.82) is 0 Å². The minimum atomic E-state index is -1.09. The van der Waals surface area contributed by atoms with Crippen LogP contribution in [-0.2, 0) is 9.59 Å². The summed E-state index contributed by atoms with van der Waals surface area (Å²) in [5, 5.41) is 23.5. The predicted octanol–water partition coefficient (Wildman–Crippen LogP) is 1.95. The van der Waals surface area contributed by atoms with Crippen LogP contribution in [0.4, 0.5) is 0 Å². The molecule has 3 aliphatic rings. The van der Waals surface area contributed by atoms with E-state index in [9.17, 15) is 24.6 Å². The predicted molar refractivity (Wildman–Crippen MR) is 132 cm³/mol. The van der Waals surface area contributed by atoms with E-state index in [0.29, 0.717) is 41.0 Å². The molecule has 2 aliphatic carbocycles. The van der Waals surface area contributed by atoms with Crippen LogP contribution < -0.4 is 14.8 Å². The Kier molecular flexibility index (Phi) is 8.31. The van der Waals surface area contributed by atoms with Gasteiger partial charge in [0.05, 0.1) is 25.7 Å². The van der Waals surface area contributed by atoms with E-state index in [-0.39, 0.29) is 25.0 Å². The van der Waals surface area contributed by atoms with Crippen molar-refractivity contribution >= 4 is 18.1 Å². The molecule has 2 amide bonds. The topological polar surface area (TPSA) is 125 Å². The third-order valence-electron chi connectivity index (χ3n) is 7.23. The molecule has 0 aromatic heterocycles. The van der Waals surface area contributed by atoms with E-state index in [1.54, 1.807) is 23.1 Å². The monoisotopic (exact) mass is 500 g/mol. The summed E-state index contributed by atoms with van der Waals surface area (Å²) in [7, 11) is 1.46. The molecule has 196 valence electrons. The molecule has 9 nitrogen and oxygen atoms in total. The number of hydrogen-bond donors (Lipinski definition) is 3. The lowest BCUT2D eigenvalue weighted by Gasteiger charge is -2.41. The number of benzene rings is 1. The number of aldehydes is 1. The van der Waals surface area contributed by atoms with Crippen LogP contribution >= 0.6 is 0 Å². The van der Waals surface area contributed by atoms with Gasteiger partial charge in [-0.15, -0.1) is 0 Å². The zero-order chi connectivity index (χ0) is 25.8. The van der Waals surface area contributed by atoms with Crippen molar-refractivity contribution in [2.45, 2.75) is 69.6 Å². The van der Waals surface area contributed by atoms with Gasteiger partial charge in [0, 0.05) is 35.7 Å². The van der Waals surface area contributed by atoms with Gasteiger partial charge in [-0.25, -0.2) is 0 Å². The maximum absolute atomic E-state index is 13.3. The summed E-state index contributed by atoms with van der Waals surface area (Å²) >= 11 is 0. The number of carbonyl (C=O) groups is 3. The highest BCUT2D eigenvalue weighted by atomic mass is 16.5. The summed E-state index contributed by atoms with van der Waals surface area (Å²) in [6.45, 7) is 2.45. The fourth-order valence-electron chi connectivity index (χ4n) is 5.24. The summed E-state index contributed by atoms with van der Waals surface area (Å²) in [6.07, 6.45) is 6.02. The van der Waals surface area contributed by atoms with Crippen LogP contribution in [0.25, 0.3) is 0 Å². The van der Waals surface area contributed by atoms with Crippen molar-refractivity contribution in [3.63, 3.8) is 0 Å². The van der Waals surface area contributed by atoms with Gasteiger partial charge < -0.3 is 29.9 Å². The van der Waals surface area contributed by atoms with Crippen molar-refractivity contribution < 1.29 is 34.1 Å². The molecule has 0 radical (unpaired) electrons. The molecule has 4 rings (SSSR count). The number of ether oxygens (including phenoxy) is 2. The highest BCUT2D eigenvalue weighted by Crippen LogP contribution is 2.51. The van der Waals surface area contributed by atoms with Gasteiger partial charge >= 0.3 is 0 Å². The zero-order valence-corrected chi connectivity index (χ0v) is 20.9. The van der Waals surface area contributed by atoms with E-state index in [0.717, 1.165) is 38.5 Å². The number of aliphatic hydroxyl groups excluding tert-OH is 2. The third-order valence-corrected chi connectivity index (χ3v) is 7.23. The summed E-state index contributed by atoms with van der Waals surface area (Å²) in [5.41, 5.74) is 1.28. The van der Waals surface area contributed by atoms with E-state index >= 15 is 0 Å². The minimum Gasteiger partial charge on any atom is -0.493 e. The fraction of sp³-hybridized carbons (Fsp3) is 0.593. The number of methoxy groups -OCH3 is 1. The van der Waals surface area contributed by atoms with Crippen LogP contribution in [0.15, 0.2) is 23.8 Å². The molecule has 9 heteroatoms. The molecule has 0 saturated heterocycles. The Hall–Kier alpha value is -2.91. The van der Waals surface area contributed by atoms with Crippen LogP contribution in [0.5, 0.6) is 11.5 Å². The lowest BCUT2D eigenvalue weighted by Crippen LogP contribution is -2.56. The van der Waals surface area contributed by atoms with E-state index in [4.69, 9.17) is 9.47 Å². The van der Waals surface area contributed by atoms with Gasteiger partial charge in [-0.3, -0.25) is 14.4 Å². The first kappa shape index (κ1) is 26.2. The van der Waals surface area contributed by atoms with Gasteiger partial charge in [-0.2, -0.15) is 0 Å². The molecule has 1 aliphatic heterocycles. The highest BCUT2D eigenvalue weighted by Gasteiger charge is 2.52. The third kappa shape index (κ3) is 5.13. The maximum atomic E-state index is 13.3.